The third-order valence-electron chi connectivity index (χ3n) is 9.23. The number of nitrogens with zero attached hydrogens (tertiary/aromatic N) is 2. The summed E-state index contributed by atoms with van der Waals surface area (Å²) in [4.78, 5) is 4.58. The maximum atomic E-state index is 9.97. The standard InChI is InChI=1S/C19H22ClNO.C18H20ClNO/c1-21(2)16-8-14-10-19(20)15(12-22)9-17(14)18(11-16)13-6-4-3-5-7-13;1-20(2)14-8-13-9-17(19)18(21)11-16(13)15(10-14)12-6-4-3-5-7-12/h3-7,9-10,16,18,22H,8,11-12H2,1-2H3;3-7,9,11,14-15,21H,8,10H2,1-2H3. The molecule has 4 atom stereocenters. The van der Waals surface area contributed by atoms with Crippen molar-refractivity contribution in [2.75, 3.05) is 28.2 Å². The Morgan fingerprint density at radius 2 is 1.09 bits per heavy atom. The SMILES string of the molecule is CN(C)C1Cc2cc(Cl)c(CO)cc2C(c2ccccc2)C1.CN(C)C1Cc2cc(Cl)c(O)cc2C(c2ccccc2)C1. The van der Waals surface area contributed by atoms with E-state index < -0.39 is 0 Å². The number of halogens is 2. The van der Waals surface area contributed by atoms with Crippen LogP contribution >= 0.6 is 23.2 Å². The predicted octanol–water partition coefficient (Wildman–Crippen LogP) is 7.89. The number of aliphatic hydroxyl groups excluding tert-OH is 1. The van der Waals surface area contributed by atoms with E-state index in [1.54, 1.807) is 0 Å². The Morgan fingerprint density at radius 1 is 0.651 bits per heavy atom. The molecule has 4 aromatic rings. The van der Waals surface area contributed by atoms with E-state index in [0.717, 1.165) is 31.2 Å². The minimum absolute atomic E-state index is 0.00919. The highest BCUT2D eigenvalue weighted by Gasteiger charge is 2.31. The molecular weight excluding hydrogens is 575 g/mol. The van der Waals surface area contributed by atoms with Crippen LogP contribution in [0.3, 0.4) is 0 Å². The Kier molecular flexibility index (Phi) is 10.2. The van der Waals surface area contributed by atoms with E-state index in [1.165, 1.54) is 33.4 Å². The minimum Gasteiger partial charge on any atom is -0.506 e. The highest BCUT2D eigenvalue weighted by Crippen LogP contribution is 2.42. The molecule has 2 aliphatic rings. The van der Waals surface area contributed by atoms with Crippen LogP contribution in [0.4, 0.5) is 0 Å². The lowest BCUT2D eigenvalue weighted by atomic mass is 9.76. The molecule has 0 aliphatic heterocycles. The van der Waals surface area contributed by atoms with Gasteiger partial charge >= 0.3 is 0 Å². The highest BCUT2D eigenvalue weighted by molar-refractivity contribution is 6.32. The lowest BCUT2D eigenvalue weighted by Gasteiger charge is -2.36. The zero-order chi connectivity index (χ0) is 30.7. The number of hydrogen-bond acceptors (Lipinski definition) is 4. The Bertz CT molecular complexity index is 1530. The number of phenols is 1. The molecule has 0 radical (unpaired) electrons. The van der Waals surface area contributed by atoms with Crippen LogP contribution in [0, 0.1) is 0 Å². The van der Waals surface area contributed by atoms with Crippen LogP contribution in [0.5, 0.6) is 5.75 Å². The van der Waals surface area contributed by atoms with Gasteiger partial charge in [0.05, 0.1) is 11.6 Å². The summed E-state index contributed by atoms with van der Waals surface area (Å²) in [7, 11) is 8.53. The van der Waals surface area contributed by atoms with Gasteiger partial charge in [0, 0.05) is 28.9 Å². The van der Waals surface area contributed by atoms with Gasteiger partial charge in [-0.2, -0.15) is 0 Å². The number of phenolic OH excluding ortho intramolecular Hbond substituents is 1. The second-order valence-electron chi connectivity index (χ2n) is 12.3. The molecule has 6 rings (SSSR count). The lowest BCUT2D eigenvalue weighted by Crippen LogP contribution is -2.35. The van der Waals surface area contributed by atoms with Crippen molar-refractivity contribution in [3.63, 3.8) is 0 Å². The van der Waals surface area contributed by atoms with Crippen molar-refractivity contribution in [3.05, 3.63) is 134 Å². The van der Waals surface area contributed by atoms with Gasteiger partial charge in [-0.05, 0) is 111 Å². The van der Waals surface area contributed by atoms with Gasteiger partial charge < -0.3 is 20.0 Å². The molecular formula is C37H42Cl2N2O2. The van der Waals surface area contributed by atoms with Gasteiger partial charge in [0.2, 0.25) is 0 Å². The molecule has 0 amide bonds. The third kappa shape index (κ3) is 7.11. The van der Waals surface area contributed by atoms with Crippen LogP contribution in [-0.4, -0.2) is 60.3 Å². The van der Waals surface area contributed by atoms with Crippen molar-refractivity contribution < 1.29 is 10.2 Å². The maximum Gasteiger partial charge on any atom is 0.134 e. The summed E-state index contributed by atoms with van der Waals surface area (Å²) in [6, 6.07) is 30.1. The quantitative estimate of drug-likeness (QED) is 0.239. The molecule has 0 spiro atoms. The molecule has 0 aromatic heterocycles. The van der Waals surface area contributed by atoms with Gasteiger partial charge in [-0.1, -0.05) is 89.9 Å². The molecule has 0 heterocycles. The fourth-order valence-corrected chi connectivity index (χ4v) is 7.11. The molecule has 0 saturated carbocycles. The van der Waals surface area contributed by atoms with E-state index in [-0.39, 0.29) is 12.4 Å². The fourth-order valence-electron chi connectivity index (χ4n) is 6.68. The van der Waals surface area contributed by atoms with Crippen LogP contribution in [-0.2, 0) is 19.4 Å². The van der Waals surface area contributed by atoms with Crippen LogP contribution in [0.1, 0.15) is 63.6 Å². The Balaban J connectivity index is 0.000000171. The summed E-state index contributed by atoms with van der Waals surface area (Å²) in [6.45, 7) is -0.00919. The normalized spacial score (nSPS) is 21.1. The number of aromatic hydroxyl groups is 1. The summed E-state index contributed by atoms with van der Waals surface area (Å²) in [5, 5.41) is 20.6. The number of fused-ring (bicyclic) bond motifs is 2. The number of benzene rings is 4. The number of rotatable bonds is 5. The highest BCUT2D eigenvalue weighted by atomic mass is 35.5. The van der Waals surface area contributed by atoms with E-state index in [1.807, 2.05) is 24.3 Å². The predicted molar refractivity (Wildman–Crippen MR) is 179 cm³/mol. The largest absolute Gasteiger partial charge is 0.506 e. The Labute approximate surface area is 266 Å². The van der Waals surface area contributed by atoms with Crippen LogP contribution < -0.4 is 0 Å². The minimum atomic E-state index is -0.00919. The molecule has 0 bridgehead atoms. The molecule has 2 N–H and O–H groups in total. The van der Waals surface area contributed by atoms with E-state index in [2.05, 4.69) is 98.7 Å². The molecule has 0 fully saturated rings. The summed E-state index contributed by atoms with van der Waals surface area (Å²) in [6.07, 6.45) is 4.14. The van der Waals surface area contributed by atoms with Crippen LogP contribution in [0.15, 0.2) is 84.9 Å². The van der Waals surface area contributed by atoms with Crippen molar-refractivity contribution in [1.82, 2.24) is 9.80 Å². The smallest absolute Gasteiger partial charge is 0.134 e. The van der Waals surface area contributed by atoms with Gasteiger partial charge in [-0.15, -0.1) is 0 Å². The van der Waals surface area contributed by atoms with Crippen LogP contribution in [0.25, 0.3) is 0 Å². The molecule has 6 heteroatoms. The van der Waals surface area contributed by atoms with Gasteiger partial charge in [-0.3, -0.25) is 0 Å². The van der Waals surface area contributed by atoms with Crippen LogP contribution in [0.2, 0.25) is 10.0 Å². The van der Waals surface area contributed by atoms with Crippen molar-refractivity contribution in [2.45, 2.75) is 56.2 Å². The first-order chi connectivity index (χ1) is 20.7. The molecule has 4 nitrogen and oxygen atoms in total. The zero-order valence-corrected chi connectivity index (χ0v) is 27.0. The first-order valence-corrected chi connectivity index (χ1v) is 15.8. The van der Waals surface area contributed by atoms with Gasteiger partial charge in [0.1, 0.15) is 5.75 Å². The van der Waals surface area contributed by atoms with Crippen molar-refractivity contribution in [3.8, 4) is 5.75 Å². The van der Waals surface area contributed by atoms with Crippen molar-refractivity contribution in [1.29, 1.82) is 0 Å². The van der Waals surface area contributed by atoms with Crippen molar-refractivity contribution in [2.24, 2.45) is 0 Å². The topological polar surface area (TPSA) is 46.9 Å². The monoisotopic (exact) mass is 616 g/mol. The first kappa shape index (κ1) is 31.6. The maximum absolute atomic E-state index is 9.97. The molecule has 226 valence electrons. The first-order valence-electron chi connectivity index (χ1n) is 15.0. The second kappa shape index (κ2) is 13.8. The molecule has 43 heavy (non-hydrogen) atoms. The number of hydrogen-bond donors (Lipinski definition) is 2. The van der Waals surface area contributed by atoms with Gasteiger partial charge in [0.25, 0.3) is 0 Å². The summed E-state index contributed by atoms with van der Waals surface area (Å²) in [5.74, 6) is 0.852. The fraction of sp³-hybridized carbons (Fsp3) is 0.351. The molecule has 4 unspecified atom stereocenters. The lowest BCUT2D eigenvalue weighted by molar-refractivity contribution is 0.257. The third-order valence-corrected chi connectivity index (χ3v) is 9.88. The average molecular weight is 618 g/mol. The number of likely N-dealkylation sites (N-methyl/N-ethyl adjacent to an activating group) is 2. The Morgan fingerprint density at radius 3 is 1.53 bits per heavy atom. The zero-order valence-electron chi connectivity index (χ0n) is 25.5. The second-order valence-corrected chi connectivity index (χ2v) is 13.2. The molecule has 2 aliphatic carbocycles. The van der Waals surface area contributed by atoms with Gasteiger partial charge in [-0.25, -0.2) is 0 Å². The summed E-state index contributed by atoms with van der Waals surface area (Å²) in [5.41, 5.74) is 8.54. The van der Waals surface area contributed by atoms with Gasteiger partial charge in [0.15, 0.2) is 0 Å². The Hall–Kier alpha value is -2.86. The average Bonchev–Trinajstić information content (AvgIpc) is 3.01. The molecule has 0 saturated heterocycles. The van der Waals surface area contributed by atoms with E-state index >= 15 is 0 Å². The molecule has 4 aromatic carbocycles. The summed E-state index contributed by atoms with van der Waals surface area (Å²) >= 11 is 12.4. The van der Waals surface area contributed by atoms with E-state index in [9.17, 15) is 10.2 Å². The van der Waals surface area contributed by atoms with Crippen molar-refractivity contribution >= 4 is 23.2 Å². The van der Waals surface area contributed by atoms with E-state index in [4.69, 9.17) is 23.2 Å². The summed E-state index contributed by atoms with van der Waals surface area (Å²) < 4.78 is 0. The van der Waals surface area contributed by atoms with E-state index in [0.29, 0.717) is 34.0 Å². The number of aliphatic hydroxyl groups is 1.